The zero-order valence-corrected chi connectivity index (χ0v) is 10.1. The van der Waals surface area contributed by atoms with E-state index in [1.165, 1.54) is 13.1 Å². The molecule has 9 heteroatoms. The van der Waals surface area contributed by atoms with Crippen LogP contribution >= 0.6 is 0 Å². The monoisotopic (exact) mass is 273 g/mol. The summed E-state index contributed by atoms with van der Waals surface area (Å²) in [6.07, 6.45) is -3.79. The van der Waals surface area contributed by atoms with Crippen LogP contribution in [0.15, 0.2) is 11.0 Å². The number of aliphatic hydroxyl groups excluding tert-OH is 3. The summed E-state index contributed by atoms with van der Waals surface area (Å²) in [6, 6.07) is 0. The first-order valence-electron chi connectivity index (χ1n) is 5.59. The van der Waals surface area contributed by atoms with E-state index >= 15 is 0 Å². The van der Waals surface area contributed by atoms with Gasteiger partial charge in [-0.15, -0.1) is 4.73 Å². The van der Waals surface area contributed by atoms with Crippen LogP contribution in [0.3, 0.4) is 0 Å². The standard InChI is InChI=1S/C10H15N3O6/c1-4-2-12(10(17)13(18)8(4)11)9-7(16)6(15)5(3-14)19-9/h2,5-7,9,11,14-16,18H,3H2,1H3/t5-,6-,7-,9-/m1/s1. The van der Waals surface area contributed by atoms with Gasteiger partial charge in [-0.2, -0.15) is 0 Å². The van der Waals surface area contributed by atoms with Crippen molar-refractivity contribution < 1.29 is 25.3 Å². The molecule has 9 nitrogen and oxygen atoms in total. The van der Waals surface area contributed by atoms with E-state index in [4.69, 9.17) is 15.3 Å². The fourth-order valence-corrected chi connectivity index (χ4v) is 1.99. The van der Waals surface area contributed by atoms with Crippen LogP contribution in [0.1, 0.15) is 11.8 Å². The van der Waals surface area contributed by atoms with Gasteiger partial charge in [-0.3, -0.25) is 9.98 Å². The van der Waals surface area contributed by atoms with E-state index < -0.39 is 36.8 Å². The lowest BCUT2D eigenvalue weighted by Crippen LogP contribution is -2.43. The van der Waals surface area contributed by atoms with Crippen LogP contribution in [0, 0.1) is 12.3 Å². The van der Waals surface area contributed by atoms with E-state index in [9.17, 15) is 20.2 Å². The van der Waals surface area contributed by atoms with Gasteiger partial charge >= 0.3 is 5.69 Å². The second kappa shape index (κ2) is 4.78. The molecule has 5 N–H and O–H groups in total. The molecule has 0 radical (unpaired) electrons. The minimum atomic E-state index is -1.43. The highest BCUT2D eigenvalue weighted by Gasteiger charge is 2.43. The van der Waals surface area contributed by atoms with E-state index in [1.807, 2.05) is 0 Å². The van der Waals surface area contributed by atoms with Crippen LogP contribution in [0.4, 0.5) is 0 Å². The highest BCUT2D eigenvalue weighted by atomic mass is 16.6. The molecule has 0 bridgehead atoms. The maximum absolute atomic E-state index is 11.8. The Bertz CT molecular complexity index is 594. The van der Waals surface area contributed by atoms with Gasteiger partial charge in [-0.05, 0) is 6.92 Å². The number of aryl methyl sites for hydroxylation is 1. The minimum absolute atomic E-state index is 0.115. The second-order valence-electron chi connectivity index (χ2n) is 4.39. The molecule has 19 heavy (non-hydrogen) atoms. The Morgan fingerprint density at radius 3 is 2.58 bits per heavy atom. The molecule has 0 spiro atoms. The van der Waals surface area contributed by atoms with Crippen molar-refractivity contribution in [1.82, 2.24) is 9.30 Å². The topological polar surface area (TPSA) is 141 Å². The molecule has 2 heterocycles. The van der Waals surface area contributed by atoms with Crippen molar-refractivity contribution in [2.24, 2.45) is 0 Å². The third kappa shape index (κ3) is 2.06. The summed E-state index contributed by atoms with van der Waals surface area (Å²) in [7, 11) is 0. The Morgan fingerprint density at radius 1 is 1.42 bits per heavy atom. The molecule has 106 valence electrons. The summed E-state index contributed by atoms with van der Waals surface area (Å²) in [5.74, 6) is 0. The number of aromatic nitrogens is 2. The predicted octanol–water partition coefficient (Wildman–Crippen LogP) is -2.71. The van der Waals surface area contributed by atoms with Gasteiger partial charge in [0, 0.05) is 11.8 Å². The van der Waals surface area contributed by atoms with Gasteiger partial charge in [-0.1, -0.05) is 0 Å². The van der Waals surface area contributed by atoms with Crippen molar-refractivity contribution in [1.29, 1.82) is 5.41 Å². The fourth-order valence-electron chi connectivity index (χ4n) is 1.99. The van der Waals surface area contributed by atoms with Crippen molar-refractivity contribution >= 4 is 0 Å². The fraction of sp³-hybridized carbons (Fsp3) is 0.600. The molecular formula is C10H15N3O6. The first-order chi connectivity index (χ1) is 8.88. The van der Waals surface area contributed by atoms with Crippen LogP contribution < -0.4 is 11.2 Å². The first-order valence-corrected chi connectivity index (χ1v) is 5.59. The summed E-state index contributed by atoms with van der Waals surface area (Å²) < 4.78 is 6.17. The molecule has 0 unspecified atom stereocenters. The van der Waals surface area contributed by atoms with Gasteiger partial charge in [0.1, 0.15) is 18.3 Å². The molecule has 1 aromatic rings. The van der Waals surface area contributed by atoms with Crippen LogP contribution in [0.5, 0.6) is 0 Å². The van der Waals surface area contributed by atoms with Gasteiger partial charge in [0.2, 0.25) is 0 Å². The SMILES string of the molecule is Cc1cn([C@@H]2O[C@H](CO)[C@@H](O)[C@H]2O)c(=O)n(O)c1=N. The molecule has 1 fully saturated rings. The zero-order valence-electron chi connectivity index (χ0n) is 10.1. The molecule has 1 aliphatic rings. The average Bonchev–Trinajstić information content (AvgIpc) is 2.68. The van der Waals surface area contributed by atoms with Crippen LogP contribution in [0.2, 0.25) is 0 Å². The number of rotatable bonds is 2. The average molecular weight is 273 g/mol. The lowest BCUT2D eigenvalue weighted by atomic mass is 10.1. The Morgan fingerprint density at radius 2 is 2.05 bits per heavy atom. The van der Waals surface area contributed by atoms with Crippen LogP contribution in [0.25, 0.3) is 0 Å². The van der Waals surface area contributed by atoms with Crippen molar-refractivity contribution in [3.05, 3.63) is 27.7 Å². The molecule has 1 saturated heterocycles. The van der Waals surface area contributed by atoms with Gasteiger partial charge in [0.15, 0.2) is 11.7 Å². The Labute approximate surface area is 107 Å². The lowest BCUT2D eigenvalue weighted by molar-refractivity contribution is -0.0580. The third-order valence-electron chi connectivity index (χ3n) is 3.11. The largest absolute Gasteiger partial charge is 0.422 e. The third-order valence-corrected chi connectivity index (χ3v) is 3.11. The molecule has 1 aliphatic heterocycles. The molecule has 0 aliphatic carbocycles. The molecular weight excluding hydrogens is 258 g/mol. The summed E-state index contributed by atoms with van der Waals surface area (Å²) in [5.41, 5.74) is -1.08. The van der Waals surface area contributed by atoms with Crippen molar-refractivity contribution in [2.45, 2.75) is 31.5 Å². The van der Waals surface area contributed by atoms with Gasteiger partial charge in [-0.25, -0.2) is 4.79 Å². The van der Waals surface area contributed by atoms with Crippen LogP contribution in [-0.4, -0.2) is 54.7 Å². The first kappa shape index (κ1) is 13.7. The maximum Gasteiger partial charge on any atom is 0.365 e. The Balaban J connectivity index is 2.50. The number of ether oxygens (including phenoxy) is 1. The lowest BCUT2D eigenvalue weighted by Gasteiger charge is -2.18. The summed E-state index contributed by atoms with van der Waals surface area (Å²) in [4.78, 5) is 11.8. The normalized spacial score (nSPS) is 30.7. The molecule has 2 rings (SSSR count). The van der Waals surface area contributed by atoms with Gasteiger partial charge in [0.25, 0.3) is 0 Å². The van der Waals surface area contributed by atoms with E-state index in [0.717, 1.165) is 4.57 Å². The molecule has 0 aromatic carbocycles. The number of aliphatic hydroxyl groups is 3. The highest BCUT2D eigenvalue weighted by molar-refractivity contribution is 5.02. The van der Waals surface area contributed by atoms with Crippen LogP contribution in [-0.2, 0) is 4.74 Å². The zero-order chi connectivity index (χ0) is 14.3. The van der Waals surface area contributed by atoms with Gasteiger partial charge in [0.05, 0.1) is 6.61 Å². The van der Waals surface area contributed by atoms with Crippen molar-refractivity contribution in [2.75, 3.05) is 6.61 Å². The molecule has 1 aromatic heterocycles. The molecule has 4 atom stereocenters. The number of hydrogen-bond donors (Lipinski definition) is 5. The number of nitrogens with zero attached hydrogens (tertiary/aromatic N) is 2. The smallest absolute Gasteiger partial charge is 0.365 e. The highest BCUT2D eigenvalue weighted by Crippen LogP contribution is 2.27. The molecule has 0 amide bonds. The summed E-state index contributed by atoms with van der Waals surface area (Å²) in [6.45, 7) is 0.977. The van der Waals surface area contributed by atoms with E-state index in [2.05, 4.69) is 0 Å². The van der Waals surface area contributed by atoms with E-state index in [0.29, 0.717) is 0 Å². The van der Waals surface area contributed by atoms with Gasteiger partial charge < -0.3 is 25.3 Å². The number of hydrogen-bond acceptors (Lipinski definition) is 7. The summed E-state index contributed by atoms with van der Waals surface area (Å²) >= 11 is 0. The summed E-state index contributed by atoms with van der Waals surface area (Å²) in [5, 5.41) is 45.3. The van der Waals surface area contributed by atoms with Crippen molar-refractivity contribution in [3.63, 3.8) is 0 Å². The predicted molar refractivity (Wildman–Crippen MR) is 59.5 cm³/mol. The second-order valence-corrected chi connectivity index (χ2v) is 4.39. The quantitative estimate of drug-likeness (QED) is 0.371. The maximum atomic E-state index is 11.8. The van der Waals surface area contributed by atoms with E-state index in [1.54, 1.807) is 0 Å². The minimum Gasteiger partial charge on any atom is -0.422 e. The number of nitrogens with one attached hydrogen (secondary N) is 1. The van der Waals surface area contributed by atoms with Crippen molar-refractivity contribution in [3.8, 4) is 0 Å². The molecule has 0 saturated carbocycles. The van der Waals surface area contributed by atoms with E-state index in [-0.39, 0.29) is 15.8 Å². The Hall–Kier alpha value is -1.68. The Kier molecular flexibility index (Phi) is 3.45.